The number of methoxy groups -OCH3 is 2. The van der Waals surface area contributed by atoms with E-state index < -0.39 is 56.1 Å². The molecule has 0 spiro atoms. The van der Waals surface area contributed by atoms with Crippen molar-refractivity contribution < 1.29 is 37.1 Å². The highest BCUT2D eigenvalue weighted by molar-refractivity contribution is 8.76. The van der Waals surface area contributed by atoms with Crippen molar-refractivity contribution in [3.8, 4) is 23.8 Å². The molecule has 7 atom stereocenters. The van der Waals surface area contributed by atoms with Crippen LogP contribution < -0.4 is 20.7 Å². The fraction of sp³-hybridized carbons (Fsp3) is 0.442. The minimum atomic E-state index is -1.98. The maximum atomic E-state index is 17.4. The summed E-state index contributed by atoms with van der Waals surface area (Å²) in [6, 6.07) is 25.8. The molecular formula is C43H51FN3O9PS2. The van der Waals surface area contributed by atoms with Crippen molar-refractivity contribution in [2.45, 2.75) is 82.2 Å². The lowest BCUT2D eigenvalue weighted by molar-refractivity contribution is -0.0942. The van der Waals surface area contributed by atoms with E-state index in [1.165, 1.54) is 6.20 Å². The minimum Gasteiger partial charge on any atom is -0.497 e. The van der Waals surface area contributed by atoms with E-state index in [1.807, 2.05) is 107 Å². The minimum absolute atomic E-state index is 0.0691. The van der Waals surface area contributed by atoms with E-state index in [1.54, 1.807) is 35.8 Å². The SMILES string of the molecule is C#CCO[C@@H]1CSSC[C@H]1OP(OC1[C@@H](F)[C@H](n2ccc(=O)[nH]c2=O)O[C@@H]1COC(c1ccccc1)(c1ccc(OC)cc1)c1ccc(OC)cc1)N(C(C)C)C(C)C. The van der Waals surface area contributed by atoms with Crippen LogP contribution in [0.1, 0.15) is 50.6 Å². The molecule has 6 rings (SSSR count). The average Bonchev–Trinajstić information content (AvgIpc) is 3.54. The number of aromatic nitrogens is 2. The number of rotatable bonds is 18. The van der Waals surface area contributed by atoms with Crippen LogP contribution in [0.3, 0.4) is 0 Å². The summed E-state index contributed by atoms with van der Waals surface area (Å²) in [6.07, 6.45) is 0.280. The first-order valence-corrected chi connectivity index (χ1v) is 22.9. The maximum absolute atomic E-state index is 17.4. The zero-order chi connectivity index (χ0) is 42.1. The molecular weight excluding hydrogens is 817 g/mol. The van der Waals surface area contributed by atoms with E-state index in [9.17, 15) is 9.59 Å². The summed E-state index contributed by atoms with van der Waals surface area (Å²) in [5.74, 6) is 5.10. The molecule has 2 aliphatic rings. The second kappa shape index (κ2) is 20.7. The molecule has 0 radical (unpaired) electrons. The second-order valence-corrected chi connectivity index (χ2v) is 18.4. The van der Waals surface area contributed by atoms with Crippen molar-refractivity contribution >= 4 is 30.1 Å². The molecule has 0 bridgehead atoms. The van der Waals surface area contributed by atoms with Crippen LogP contribution >= 0.6 is 30.1 Å². The van der Waals surface area contributed by atoms with Gasteiger partial charge in [0.25, 0.3) is 14.1 Å². The summed E-state index contributed by atoms with van der Waals surface area (Å²) in [4.78, 5) is 27.5. The lowest BCUT2D eigenvalue weighted by Crippen LogP contribution is -2.43. The number of nitrogens with zero attached hydrogens (tertiary/aromatic N) is 2. The third-order valence-electron chi connectivity index (χ3n) is 10.1. The van der Waals surface area contributed by atoms with Crippen LogP contribution in [-0.4, -0.2) is 95.8 Å². The van der Waals surface area contributed by atoms with E-state index in [0.29, 0.717) is 23.0 Å². The Morgan fingerprint density at radius 3 is 2.00 bits per heavy atom. The summed E-state index contributed by atoms with van der Waals surface area (Å²) in [6.45, 7) is 8.02. The first-order chi connectivity index (χ1) is 28.5. The highest BCUT2D eigenvalue weighted by Crippen LogP contribution is 2.53. The molecule has 2 saturated heterocycles. The van der Waals surface area contributed by atoms with Crippen LogP contribution in [0.2, 0.25) is 0 Å². The summed E-state index contributed by atoms with van der Waals surface area (Å²) in [5.41, 5.74) is -0.401. The Hall–Kier alpha value is -3.68. The van der Waals surface area contributed by atoms with Gasteiger partial charge in [-0.1, -0.05) is 82.1 Å². The quantitative estimate of drug-likeness (QED) is 0.0467. The standard InChI is InChI=1S/C43H51FN3O9PS2/c1-8-24-52-36-26-58-59-27-37(36)55-57(47(28(2)3)29(4)5)56-40-35(54-41(39(40)44)46-23-22-38(48)45-42(46)49)25-53-43(30-12-10-9-11-13-30,31-14-18-33(50-6)19-15-31)32-16-20-34(51-7)21-17-32/h1,9-23,28-29,35-37,39-41H,24-27H2,2-7H3,(H,45,48,49)/t35-,36-,37-,39-,40?,41-,57?/m1/s1. The number of hydrogen-bond acceptors (Lipinski definition) is 12. The lowest BCUT2D eigenvalue weighted by Gasteiger charge is -2.41. The van der Waals surface area contributed by atoms with Gasteiger partial charge in [-0.2, -0.15) is 0 Å². The number of aromatic amines is 1. The Balaban J connectivity index is 1.44. The molecule has 59 heavy (non-hydrogen) atoms. The van der Waals surface area contributed by atoms with Crippen molar-refractivity contribution in [3.05, 3.63) is 129 Å². The first kappa shape index (κ1) is 44.9. The fourth-order valence-corrected chi connectivity index (χ4v) is 11.7. The average molecular weight is 868 g/mol. The van der Waals surface area contributed by atoms with Gasteiger partial charge in [0.15, 0.2) is 12.4 Å². The molecule has 12 nitrogen and oxygen atoms in total. The summed E-state index contributed by atoms with van der Waals surface area (Å²) >= 11 is 0. The number of alkyl halides is 1. The van der Waals surface area contributed by atoms with Crippen LogP contribution in [0.4, 0.5) is 4.39 Å². The van der Waals surface area contributed by atoms with Crippen molar-refractivity contribution in [2.24, 2.45) is 0 Å². The summed E-state index contributed by atoms with van der Waals surface area (Å²) < 4.78 is 65.0. The van der Waals surface area contributed by atoms with Crippen LogP contribution in [-0.2, 0) is 28.9 Å². The second-order valence-electron chi connectivity index (χ2n) is 14.5. The fourth-order valence-electron chi connectivity index (χ4n) is 7.27. The molecule has 2 unspecified atom stereocenters. The molecule has 0 saturated carbocycles. The molecule has 0 aliphatic carbocycles. The van der Waals surface area contributed by atoms with Crippen molar-refractivity contribution in [1.82, 2.24) is 14.2 Å². The van der Waals surface area contributed by atoms with Gasteiger partial charge >= 0.3 is 5.69 Å². The summed E-state index contributed by atoms with van der Waals surface area (Å²) in [7, 11) is 4.55. The Kier molecular flexibility index (Phi) is 15.8. The molecule has 3 aromatic carbocycles. The molecule has 1 N–H and O–H groups in total. The number of benzene rings is 3. The van der Waals surface area contributed by atoms with Crippen LogP contribution in [0, 0.1) is 12.3 Å². The molecule has 3 heterocycles. The van der Waals surface area contributed by atoms with Crippen LogP contribution in [0.25, 0.3) is 0 Å². The molecule has 316 valence electrons. The normalized spacial score (nSPS) is 22.7. The van der Waals surface area contributed by atoms with Gasteiger partial charge in [0.05, 0.1) is 26.9 Å². The van der Waals surface area contributed by atoms with Crippen molar-refractivity contribution in [3.63, 3.8) is 0 Å². The third-order valence-corrected chi connectivity index (χ3v) is 14.6. The number of H-pyrrole nitrogens is 1. The molecule has 2 aliphatic heterocycles. The van der Waals surface area contributed by atoms with E-state index >= 15 is 4.39 Å². The number of nitrogens with one attached hydrogen (secondary N) is 1. The van der Waals surface area contributed by atoms with E-state index in [0.717, 1.165) is 27.3 Å². The number of hydrogen-bond donors (Lipinski definition) is 1. The van der Waals surface area contributed by atoms with E-state index in [-0.39, 0.29) is 31.4 Å². The molecule has 2 fully saturated rings. The first-order valence-electron chi connectivity index (χ1n) is 19.3. The van der Waals surface area contributed by atoms with E-state index in [2.05, 4.69) is 15.6 Å². The lowest BCUT2D eigenvalue weighted by atomic mass is 9.80. The Bertz CT molecular complexity index is 2050. The highest BCUT2D eigenvalue weighted by atomic mass is 33.1. The smallest absolute Gasteiger partial charge is 0.330 e. The van der Waals surface area contributed by atoms with Gasteiger partial charge in [-0.25, -0.2) is 13.9 Å². The number of ether oxygens (including phenoxy) is 5. The van der Waals surface area contributed by atoms with Gasteiger partial charge < -0.3 is 32.7 Å². The van der Waals surface area contributed by atoms with Crippen LogP contribution in [0.15, 0.2) is 101 Å². The third kappa shape index (κ3) is 10.3. The predicted molar refractivity (Wildman–Crippen MR) is 231 cm³/mol. The van der Waals surface area contributed by atoms with Gasteiger partial charge in [0.2, 0.25) is 0 Å². The molecule has 1 aromatic heterocycles. The van der Waals surface area contributed by atoms with Gasteiger partial charge in [0.1, 0.15) is 42.0 Å². The molecule has 0 amide bonds. The molecule has 4 aromatic rings. The van der Waals surface area contributed by atoms with Crippen molar-refractivity contribution in [1.29, 1.82) is 0 Å². The number of terminal acetylenes is 1. The summed E-state index contributed by atoms with van der Waals surface area (Å²) in [5, 5.41) is 0. The van der Waals surface area contributed by atoms with Crippen LogP contribution in [0.5, 0.6) is 11.5 Å². The monoisotopic (exact) mass is 867 g/mol. The van der Waals surface area contributed by atoms with Gasteiger partial charge in [0, 0.05) is 35.9 Å². The maximum Gasteiger partial charge on any atom is 0.330 e. The Morgan fingerprint density at radius 2 is 1.46 bits per heavy atom. The van der Waals surface area contributed by atoms with Gasteiger partial charge in [-0.15, -0.1) is 6.42 Å². The highest BCUT2D eigenvalue weighted by Gasteiger charge is 2.52. The number of halogens is 1. The zero-order valence-corrected chi connectivity index (χ0v) is 36.4. The Morgan fingerprint density at radius 1 is 0.881 bits per heavy atom. The van der Waals surface area contributed by atoms with Gasteiger partial charge in [-0.05, 0) is 68.7 Å². The topological polar surface area (TPSA) is 123 Å². The Labute approximate surface area is 353 Å². The largest absolute Gasteiger partial charge is 0.497 e. The molecule has 16 heteroatoms. The van der Waals surface area contributed by atoms with E-state index in [4.69, 9.17) is 39.2 Å². The zero-order valence-electron chi connectivity index (χ0n) is 33.9. The van der Waals surface area contributed by atoms with Crippen molar-refractivity contribution in [2.75, 3.05) is 38.9 Å². The van der Waals surface area contributed by atoms with Gasteiger partial charge in [-0.3, -0.25) is 14.3 Å². The predicted octanol–water partition coefficient (Wildman–Crippen LogP) is 7.33.